The van der Waals surface area contributed by atoms with Gasteiger partial charge in [-0.15, -0.1) is 0 Å². The number of carbonyl (C=O) groups excluding carboxylic acids is 1. The second-order valence-electron chi connectivity index (χ2n) is 3.87. The highest BCUT2D eigenvalue weighted by Gasteiger charge is 2.26. The first-order chi connectivity index (χ1) is 7.04. The standard InChI is InChI=1S/C12H17NO2/c1-9(14)11(13(2)3)12(15)10-7-5-4-6-8-10/h4-8,11-12,15H,1-3H3/t11-,12-/m1/s1. The van der Waals surface area contributed by atoms with Gasteiger partial charge >= 0.3 is 0 Å². The topological polar surface area (TPSA) is 40.5 Å². The van der Waals surface area contributed by atoms with Crippen molar-refractivity contribution < 1.29 is 9.90 Å². The summed E-state index contributed by atoms with van der Waals surface area (Å²) < 4.78 is 0. The molecule has 82 valence electrons. The van der Waals surface area contributed by atoms with Crippen molar-refractivity contribution in [1.29, 1.82) is 0 Å². The molecule has 1 aromatic carbocycles. The van der Waals surface area contributed by atoms with Gasteiger partial charge in [0, 0.05) is 0 Å². The number of hydrogen-bond acceptors (Lipinski definition) is 3. The number of benzene rings is 1. The zero-order chi connectivity index (χ0) is 11.4. The summed E-state index contributed by atoms with van der Waals surface area (Å²) in [5.41, 5.74) is 0.770. The lowest BCUT2D eigenvalue weighted by Crippen LogP contribution is -2.39. The van der Waals surface area contributed by atoms with Crippen LogP contribution in [0.15, 0.2) is 30.3 Å². The Morgan fingerprint density at radius 2 is 1.80 bits per heavy atom. The van der Waals surface area contributed by atoms with Crippen molar-refractivity contribution in [2.45, 2.75) is 19.1 Å². The molecule has 0 aliphatic carbocycles. The molecular formula is C12H17NO2. The maximum absolute atomic E-state index is 11.4. The molecule has 0 spiro atoms. The summed E-state index contributed by atoms with van der Waals surface area (Å²) in [6.45, 7) is 1.50. The van der Waals surface area contributed by atoms with Gasteiger partial charge in [-0.25, -0.2) is 0 Å². The van der Waals surface area contributed by atoms with Crippen LogP contribution in [0.2, 0.25) is 0 Å². The van der Waals surface area contributed by atoms with Crippen LogP contribution in [0, 0.1) is 0 Å². The van der Waals surface area contributed by atoms with Crippen LogP contribution in [0.25, 0.3) is 0 Å². The number of nitrogens with zero attached hydrogens (tertiary/aromatic N) is 1. The first kappa shape index (κ1) is 11.9. The average molecular weight is 207 g/mol. The summed E-state index contributed by atoms with van der Waals surface area (Å²) in [5, 5.41) is 10.1. The fourth-order valence-corrected chi connectivity index (χ4v) is 1.70. The lowest BCUT2D eigenvalue weighted by molar-refractivity contribution is -0.125. The molecule has 0 unspecified atom stereocenters. The fraction of sp³-hybridized carbons (Fsp3) is 0.417. The van der Waals surface area contributed by atoms with Crippen molar-refractivity contribution >= 4 is 5.78 Å². The number of likely N-dealkylation sites (N-methyl/N-ethyl adjacent to an activating group) is 1. The van der Waals surface area contributed by atoms with Crippen LogP contribution < -0.4 is 0 Å². The summed E-state index contributed by atoms with van der Waals surface area (Å²) in [6, 6.07) is 8.76. The SMILES string of the molecule is CC(=O)[C@H]([C@H](O)c1ccccc1)N(C)C. The Hall–Kier alpha value is -1.19. The van der Waals surface area contributed by atoms with E-state index < -0.39 is 12.1 Å². The van der Waals surface area contributed by atoms with Gasteiger partial charge in [0.2, 0.25) is 0 Å². The molecule has 1 rings (SSSR count). The quantitative estimate of drug-likeness (QED) is 0.807. The normalized spacial score (nSPS) is 15.0. The van der Waals surface area contributed by atoms with E-state index in [1.54, 1.807) is 19.0 Å². The van der Waals surface area contributed by atoms with E-state index in [-0.39, 0.29) is 5.78 Å². The third-order valence-electron chi connectivity index (χ3n) is 2.41. The Kier molecular flexibility index (Phi) is 4.00. The van der Waals surface area contributed by atoms with Gasteiger partial charge in [-0.05, 0) is 26.6 Å². The molecule has 0 aromatic heterocycles. The van der Waals surface area contributed by atoms with Gasteiger partial charge in [0.15, 0.2) is 0 Å². The molecule has 15 heavy (non-hydrogen) atoms. The first-order valence-electron chi connectivity index (χ1n) is 4.94. The minimum Gasteiger partial charge on any atom is -0.386 e. The Balaban J connectivity index is 2.91. The maximum Gasteiger partial charge on any atom is 0.149 e. The van der Waals surface area contributed by atoms with Crippen LogP contribution in [0.3, 0.4) is 0 Å². The molecule has 1 aromatic rings. The summed E-state index contributed by atoms with van der Waals surface area (Å²) in [6.07, 6.45) is -0.765. The predicted molar refractivity (Wildman–Crippen MR) is 59.6 cm³/mol. The molecule has 0 aliphatic rings. The molecule has 0 bridgehead atoms. The molecule has 0 radical (unpaired) electrons. The van der Waals surface area contributed by atoms with E-state index in [1.807, 2.05) is 30.3 Å². The minimum atomic E-state index is -0.765. The van der Waals surface area contributed by atoms with Crippen molar-refractivity contribution in [3.05, 3.63) is 35.9 Å². The van der Waals surface area contributed by atoms with Crippen molar-refractivity contribution in [3.8, 4) is 0 Å². The molecule has 2 atom stereocenters. The number of Topliss-reactive ketones (excluding diaryl/α,β-unsaturated/α-hetero) is 1. The number of carbonyl (C=O) groups is 1. The first-order valence-corrected chi connectivity index (χ1v) is 4.94. The van der Waals surface area contributed by atoms with Crippen LogP contribution >= 0.6 is 0 Å². The van der Waals surface area contributed by atoms with E-state index in [0.29, 0.717) is 0 Å². The summed E-state index contributed by atoms with van der Waals surface area (Å²) in [5.74, 6) is -0.0312. The molecule has 0 heterocycles. The highest BCUT2D eigenvalue weighted by molar-refractivity contribution is 5.82. The Bertz CT molecular complexity index is 322. The number of hydrogen-bond donors (Lipinski definition) is 1. The van der Waals surface area contributed by atoms with Gasteiger partial charge in [0.25, 0.3) is 0 Å². The molecule has 1 N–H and O–H groups in total. The molecule has 0 saturated carbocycles. The number of aliphatic hydroxyl groups excluding tert-OH is 1. The van der Waals surface area contributed by atoms with Crippen molar-refractivity contribution in [2.75, 3.05) is 14.1 Å². The monoisotopic (exact) mass is 207 g/mol. The maximum atomic E-state index is 11.4. The van der Waals surface area contributed by atoms with E-state index >= 15 is 0 Å². The fourth-order valence-electron chi connectivity index (χ4n) is 1.70. The largest absolute Gasteiger partial charge is 0.386 e. The molecule has 3 heteroatoms. The Morgan fingerprint density at radius 3 is 2.20 bits per heavy atom. The second-order valence-corrected chi connectivity index (χ2v) is 3.87. The number of rotatable bonds is 4. The highest BCUT2D eigenvalue weighted by atomic mass is 16.3. The van der Waals surface area contributed by atoms with Crippen LogP contribution in [-0.2, 0) is 4.79 Å². The van der Waals surface area contributed by atoms with Crippen LogP contribution in [0.1, 0.15) is 18.6 Å². The van der Waals surface area contributed by atoms with Crippen LogP contribution in [0.4, 0.5) is 0 Å². The average Bonchev–Trinajstić information content (AvgIpc) is 2.18. The molecule has 0 aliphatic heterocycles. The minimum absolute atomic E-state index is 0.0312. The van der Waals surface area contributed by atoms with Crippen molar-refractivity contribution in [2.24, 2.45) is 0 Å². The highest BCUT2D eigenvalue weighted by Crippen LogP contribution is 2.19. The Morgan fingerprint density at radius 1 is 1.27 bits per heavy atom. The third kappa shape index (κ3) is 2.88. The van der Waals surface area contributed by atoms with E-state index in [2.05, 4.69) is 0 Å². The van der Waals surface area contributed by atoms with E-state index in [1.165, 1.54) is 6.92 Å². The number of aliphatic hydroxyl groups is 1. The van der Waals surface area contributed by atoms with E-state index in [4.69, 9.17) is 0 Å². The number of ketones is 1. The summed E-state index contributed by atoms with van der Waals surface area (Å²) in [4.78, 5) is 13.1. The lowest BCUT2D eigenvalue weighted by atomic mass is 9.99. The van der Waals surface area contributed by atoms with Gasteiger partial charge in [-0.2, -0.15) is 0 Å². The molecular weight excluding hydrogens is 190 g/mol. The zero-order valence-corrected chi connectivity index (χ0v) is 9.34. The predicted octanol–water partition coefficient (Wildman–Crippen LogP) is 1.24. The molecule has 0 saturated heterocycles. The molecule has 3 nitrogen and oxygen atoms in total. The van der Waals surface area contributed by atoms with Crippen molar-refractivity contribution in [1.82, 2.24) is 4.90 Å². The van der Waals surface area contributed by atoms with Gasteiger partial charge in [-0.1, -0.05) is 30.3 Å². The molecule has 0 amide bonds. The zero-order valence-electron chi connectivity index (χ0n) is 9.34. The van der Waals surface area contributed by atoms with Crippen LogP contribution in [-0.4, -0.2) is 35.9 Å². The van der Waals surface area contributed by atoms with Gasteiger partial charge < -0.3 is 5.11 Å². The van der Waals surface area contributed by atoms with E-state index in [0.717, 1.165) is 5.56 Å². The molecule has 0 fully saturated rings. The van der Waals surface area contributed by atoms with Gasteiger partial charge in [0.05, 0.1) is 6.04 Å². The van der Waals surface area contributed by atoms with Gasteiger partial charge in [-0.3, -0.25) is 9.69 Å². The summed E-state index contributed by atoms with van der Waals surface area (Å²) in [7, 11) is 3.58. The van der Waals surface area contributed by atoms with Crippen LogP contribution in [0.5, 0.6) is 0 Å². The van der Waals surface area contributed by atoms with Crippen molar-refractivity contribution in [3.63, 3.8) is 0 Å². The van der Waals surface area contributed by atoms with Gasteiger partial charge in [0.1, 0.15) is 11.9 Å². The third-order valence-corrected chi connectivity index (χ3v) is 2.41. The Labute approximate surface area is 90.3 Å². The van der Waals surface area contributed by atoms with E-state index in [9.17, 15) is 9.90 Å². The summed E-state index contributed by atoms with van der Waals surface area (Å²) >= 11 is 0. The lowest BCUT2D eigenvalue weighted by Gasteiger charge is -2.26. The second kappa shape index (κ2) is 5.05. The smallest absolute Gasteiger partial charge is 0.149 e.